The van der Waals surface area contributed by atoms with Gasteiger partial charge in [-0.1, -0.05) is 20.3 Å². The Hall–Kier alpha value is -2.44. The first-order valence-electron chi connectivity index (χ1n) is 8.91. The first-order chi connectivity index (χ1) is 12.3. The molecule has 6 nitrogen and oxygen atoms in total. The van der Waals surface area contributed by atoms with E-state index in [-0.39, 0.29) is 24.3 Å². The number of nitrogens with one attached hydrogen (secondary N) is 1. The van der Waals surface area contributed by atoms with E-state index in [1.165, 1.54) is 24.3 Å². The highest BCUT2D eigenvalue weighted by atomic mass is 19.1. The number of halogens is 1. The summed E-state index contributed by atoms with van der Waals surface area (Å²) >= 11 is 0. The van der Waals surface area contributed by atoms with Crippen molar-refractivity contribution in [3.05, 3.63) is 35.6 Å². The number of carboxylic acids is 1. The predicted octanol–water partition coefficient (Wildman–Crippen LogP) is 2.29. The second-order valence-electron chi connectivity index (χ2n) is 6.81. The predicted molar refractivity (Wildman–Crippen MR) is 94.0 cm³/mol. The average Bonchev–Trinajstić information content (AvgIpc) is 2.65. The van der Waals surface area contributed by atoms with Crippen molar-refractivity contribution in [1.82, 2.24) is 10.2 Å². The standard InChI is InChI=1S/C19H25FN2O4/c1-3-12(2)16(19(25)26)21-17(23)14-5-4-10-22(11-14)18(24)13-6-8-15(20)9-7-13/h6-9,12,14,16H,3-5,10-11H2,1-2H3,(H,21,23)(H,25,26). The number of carboxylic acid groups (broad SMARTS) is 1. The molecular weight excluding hydrogens is 339 g/mol. The van der Waals surface area contributed by atoms with Crippen molar-refractivity contribution in [3.63, 3.8) is 0 Å². The number of hydrogen-bond acceptors (Lipinski definition) is 3. The summed E-state index contributed by atoms with van der Waals surface area (Å²) in [5.74, 6) is -2.69. The molecule has 7 heteroatoms. The van der Waals surface area contributed by atoms with Crippen LogP contribution in [0.4, 0.5) is 4.39 Å². The first-order valence-corrected chi connectivity index (χ1v) is 8.91. The van der Waals surface area contributed by atoms with Gasteiger partial charge < -0.3 is 15.3 Å². The highest BCUT2D eigenvalue weighted by Gasteiger charge is 2.32. The molecule has 0 saturated carbocycles. The monoisotopic (exact) mass is 364 g/mol. The van der Waals surface area contributed by atoms with Gasteiger partial charge in [0.05, 0.1) is 5.92 Å². The Morgan fingerprint density at radius 2 is 1.96 bits per heavy atom. The Balaban J connectivity index is 2.02. The van der Waals surface area contributed by atoms with Crippen LogP contribution in [-0.4, -0.2) is 46.9 Å². The second kappa shape index (κ2) is 8.78. The van der Waals surface area contributed by atoms with E-state index in [4.69, 9.17) is 0 Å². The molecule has 1 heterocycles. The number of carbonyl (C=O) groups is 3. The van der Waals surface area contributed by atoms with Crippen molar-refractivity contribution in [1.29, 1.82) is 0 Å². The maximum atomic E-state index is 13.0. The number of rotatable bonds is 6. The van der Waals surface area contributed by atoms with Crippen LogP contribution in [0.25, 0.3) is 0 Å². The zero-order valence-electron chi connectivity index (χ0n) is 15.1. The molecule has 3 unspecified atom stereocenters. The van der Waals surface area contributed by atoms with E-state index in [1.54, 1.807) is 11.8 Å². The number of aliphatic carboxylic acids is 1. The number of hydrogen-bond donors (Lipinski definition) is 2. The maximum absolute atomic E-state index is 13.0. The molecule has 0 aromatic heterocycles. The van der Waals surface area contributed by atoms with E-state index in [9.17, 15) is 23.9 Å². The number of amides is 2. The van der Waals surface area contributed by atoms with Gasteiger partial charge in [0, 0.05) is 18.7 Å². The summed E-state index contributed by atoms with van der Waals surface area (Å²) in [6.07, 6.45) is 1.90. The number of likely N-dealkylation sites (tertiary alicyclic amines) is 1. The summed E-state index contributed by atoms with van der Waals surface area (Å²) in [5.41, 5.74) is 0.371. The maximum Gasteiger partial charge on any atom is 0.326 e. The fraction of sp³-hybridized carbons (Fsp3) is 0.526. The Kier molecular flexibility index (Phi) is 6.71. The molecule has 142 valence electrons. The number of piperidine rings is 1. The zero-order chi connectivity index (χ0) is 19.3. The summed E-state index contributed by atoms with van der Waals surface area (Å²) in [6.45, 7) is 4.41. The van der Waals surface area contributed by atoms with Gasteiger partial charge in [-0.3, -0.25) is 9.59 Å². The third kappa shape index (κ3) is 4.80. The van der Waals surface area contributed by atoms with Gasteiger partial charge in [-0.2, -0.15) is 0 Å². The Labute approximate surface area is 152 Å². The normalized spacial score (nSPS) is 19.5. The van der Waals surface area contributed by atoms with Crippen molar-refractivity contribution in [2.24, 2.45) is 11.8 Å². The van der Waals surface area contributed by atoms with Crippen LogP contribution in [0.2, 0.25) is 0 Å². The lowest BCUT2D eigenvalue weighted by Gasteiger charge is -2.33. The molecule has 1 aromatic rings. The Morgan fingerprint density at radius 3 is 2.54 bits per heavy atom. The first kappa shape index (κ1) is 19.9. The molecule has 1 aliphatic heterocycles. The van der Waals surface area contributed by atoms with Crippen LogP contribution in [0.15, 0.2) is 24.3 Å². The molecule has 1 fully saturated rings. The summed E-state index contributed by atoms with van der Waals surface area (Å²) in [6, 6.07) is 4.36. The molecule has 26 heavy (non-hydrogen) atoms. The zero-order valence-corrected chi connectivity index (χ0v) is 15.1. The molecule has 1 aromatic carbocycles. The Morgan fingerprint density at radius 1 is 1.31 bits per heavy atom. The van der Waals surface area contributed by atoms with Gasteiger partial charge in [-0.25, -0.2) is 9.18 Å². The molecule has 2 rings (SSSR count). The fourth-order valence-corrected chi connectivity index (χ4v) is 3.10. The van der Waals surface area contributed by atoms with E-state index >= 15 is 0 Å². The summed E-state index contributed by atoms with van der Waals surface area (Å²) in [4.78, 5) is 38.0. The molecule has 2 N–H and O–H groups in total. The van der Waals surface area contributed by atoms with Crippen LogP contribution >= 0.6 is 0 Å². The topological polar surface area (TPSA) is 86.7 Å². The fourth-order valence-electron chi connectivity index (χ4n) is 3.10. The van der Waals surface area contributed by atoms with Crippen LogP contribution in [-0.2, 0) is 9.59 Å². The Bertz CT molecular complexity index is 662. The summed E-state index contributed by atoms with van der Waals surface area (Å²) < 4.78 is 13.0. The van der Waals surface area contributed by atoms with Gasteiger partial charge in [0.25, 0.3) is 5.91 Å². The number of benzene rings is 1. The van der Waals surface area contributed by atoms with Crippen molar-refractivity contribution in [2.75, 3.05) is 13.1 Å². The number of carbonyl (C=O) groups excluding carboxylic acids is 2. The highest BCUT2D eigenvalue weighted by Crippen LogP contribution is 2.20. The van der Waals surface area contributed by atoms with Crippen LogP contribution < -0.4 is 5.32 Å². The molecule has 0 bridgehead atoms. The minimum Gasteiger partial charge on any atom is -0.480 e. The summed E-state index contributed by atoms with van der Waals surface area (Å²) in [5, 5.41) is 11.9. The lowest BCUT2D eigenvalue weighted by Crippen LogP contribution is -2.51. The van der Waals surface area contributed by atoms with Gasteiger partial charge in [-0.15, -0.1) is 0 Å². The van der Waals surface area contributed by atoms with E-state index in [2.05, 4.69) is 5.32 Å². The molecule has 0 spiro atoms. The number of nitrogens with zero attached hydrogens (tertiary/aromatic N) is 1. The highest BCUT2D eigenvalue weighted by molar-refractivity contribution is 5.94. The minimum atomic E-state index is -1.05. The largest absolute Gasteiger partial charge is 0.480 e. The van der Waals surface area contributed by atoms with Gasteiger partial charge in [0.2, 0.25) is 5.91 Å². The van der Waals surface area contributed by atoms with Crippen LogP contribution in [0.5, 0.6) is 0 Å². The van der Waals surface area contributed by atoms with E-state index in [0.29, 0.717) is 31.4 Å². The molecule has 2 amide bonds. The van der Waals surface area contributed by atoms with Crippen LogP contribution in [0.3, 0.4) is 0 Å². The van der Waals surface area contributed by atoms with E-state index < -0.39 is 23.7 Å². The SMILES string of the molecule is CCC(C)C(NC(=O)C1CCCN(C(=O)c2ccc(F)cc2)C1)C(=O)O. The van der Waals surface area contributed by atoms with Gasteiger partial charge in [0.15, 0.2) is 0 Å². The van der Waals surface area contributed by atoms with Crippen molar-refractivity contribution < 1.29 is 23.9 Å². The molecule has 0 radical (unpaired) electrons. The van der Waals surface area contributed by atoms with E-state index in [0.717, 1.165) is 0 Å². The third-order valence-corrected chi connectivity index (χ3v) is 4.95. The van der Waals surface area contributed by atoms with Gasteiger partial charge >= 0.3 is 5.97 Å². The lowest BCUT2D eigenvalue weighted by molar-refractivity contribution is -0.144. The lowest BCUT2D eigenvalue weighted by atomic mass is 9.94. The van der Waals surface area contributed by atoms with Crippen molar-refractivity contribution >= 4 is 17.8 Å². The van der Waals surface area contributed by atoms with Crippen molar-refractivity contribution in [2.45, 2.75) is 39.2 Å². The van der Waals surface area contributed by atoms with Crippen LogP contribution in [0, 0.1) is 17.7 Å². The molecule has 3 atom stereocenters. The van der Waals surface area contributed by atoms with Crippen LogP contribution in [0.1, 0.15) is 43.5 Å². The molecular formula is C19H25FN2O4. The second-order valence-corrected chi connectivity index (χ2v) is 6.81. The smallest absolute Gasteiger partial charge is 0.326 e. The minimum absolute atomic E-state index is 0.183. The average molecular weight is 364 g/mol. The molecule has 0 aliphatic carbocycles. The van der Waals surface area contributed by atoms with E-state index in [1.807, 2.05) is 6.92 Å². The van der Waals surface area contributed by atoms with Crippen molar-refractivity contribution in [3.8, 4) is 0 Å². The quantitative estimate of drug-likeness (QED) is 0.811. The summed E-state index contributed by atoms with van der Waals surface area (Å²) in [7, 11) is 0. The molecule has 1 aliphatic rings. The molecule has 1 saturated heterocycles. The third-order valence-electron chi connectivity index (χ3n) is 4.95. The van der Waals surface area contributed by atoms with Gasteiger partial charge in [-0.05, 0) is 43.0 Å². The van der Waals surface area contributed by atoms with Gasteiger partial charge in [0.1, 0.15) is 11.9 Å².